The van der Waals surface area contributed by atoms with E-state index in [9.17, 15) is 9.59 Å². The van der Waals surface area contributed by atoms with Crippen molar-refractivity contribution in [2.75, 3.05) is 16.8 Å². The lowest BCUT2D eigenvalue weighted by Gasteiger charge is -2.16. The van der Waals surface area contributed by atoms with Crippen molar-refractivity contribution < 1.29 is 9.59 Å². The summed E-state index contributed by atoms with van der Waals surface area (Å²) in [7, 11) is 0. The molecule has 6 nitrogen and oxygen atoms in total. The van der Waals surface area contributed by atoms with Crippen LogP contribution in [0.4, 0.5) is 10.8 Å². The Morgan fingerprint density at radius 3 is 2.62 bits per heavy atom. The molecule has 2 amide bonds. The van der Waals surface area contributed by atoms with E-state index in [1.54, 1.807) is 23.1 Å². The molecule has 2 aromatic carbocycles. The van der Waals surface area contributed by atoms with Crippen molar-refractivity contribution in [3.8, 4) is 0 Å². The second-order valence-electron chi connectivity index (χ2n) is 7.08. The van der Waals surface area contributed by atoms with Crippen molar-refractivity contribution in [2.45, 2.75) is 26.2 Å². The number of amides is 2. The van der Waals surface area contributed by atoms with E-state index < -0.39 is 0 Å². The van der Waals surface area contributed by atoms with Gasteiger partial charge in [-0.05, 0) is 61.4 Å². The van der Waals surface area contributed by atoms with Gasteiger partial charge < -0.3 is 4.90 Å². The molecule has 0 spiro atoms. The van der Waals surface area contributed by atoms with Crippen LogP contribution in [0.1, 0.15) is 38.8 Å². The van der Waals surface area contributed by atoms with Crippen LogP contribution in [-0.2, 0) is 4.79 Å². The van der Waals surface area contributed by atoms with Crippen molar-refractivity contribution in [1.82, 2.24) is 10.2 Å². The molecule has 1 saturated heterocycles. The highest BCUT2D eigenvalue weighted by atomic mass is 35.5. The van der Waals surface area contributed by atoms with Gasteiger partial charge in [-0.15, -0.1) is 10.2 Å². The summed E-state index contributed by atoms with van der Waals surface area (Å²) in [5, 5.41) is 12.9. The smallest absolute Gasteiger partial charge is 0.257 e. The SMILES string of the molecule is Cc1ccc(C(=O)Nc2nnc([C@H]3CC(=O)N(c4ccc(Cl)cc4)C3)s2)cc1C. The molecular weight excluding hydrogens is 408 g/mol. The first-order valence-electron chi connectivity index (χ1n) is 9.18. The zero-order chi connectivity index (χ0) is 20.5. The van der Waals surface area contributed by atoms with Crippen LogP contribution in [-0.4, -0.2) is 28.6 Å². The highest BCUT2D eigenvalue weighted by molar-refractivity contribution is 7.15. The highest BCUT2D eigenvalue weighted by Gasteiger charge is 2.34. The predicted octanol–water partition coefficient (Wildman–Crippen LogP) is 4.58. The van der Waals surface area contributed by atoms with Gasteiger partial charge in [-0.2, -0.15) is 0 Å². The largest absolute Gasteiger partial charge is 0.312 e. The van der Waals surface area contributed by atoms with E-state index in [4.69, 9.17) is 11.6 Å². The molecule has 1 atom stereocenters. The summed E-state index contributed by atoms with van der Waals surface area (Å²) < 4.78 is 0. The van der Waals surface area contributed by atoms with Gasteiger partial charge in [0.1, 0.15) is 5.01 Å². The molecule has 0 bridgehead atoms. The first-order chi connectivity index (χ1) is 13.9. The number of anilines is 2. The number of halogens is 1. The van der Waals surface area contributed by atoms with Gasteiger partial charge in [0.25, 0.3) is 5.91 Å². The third-order valence-electron chi connectivity index (χ3n) is 5.04. The van der Waals surface area contributed by atoms with Crippen LogP contribution in [0.5, 0.6) is 0 Å². The zero-order valence-electron chi connectivity index (χ0n) is 16.0. The van der Waals surface area contributed by atoms with Gasteiger partial charge in [0.05, 0.1) is 0 Å². The normalized spacial score (nSPS) is 16.3. The van der Waals surface area contributed by atoms with Gasteiger partial charge in [-0.25, -0.2) is 0 Å². The fraction of sp³-hybridized carbons (Fsp3) is 0.238. The minimum absolute atomic E-state index is 0.0354. The number of nitrogens with one attached hydrogen (secondary N) is 1. The molecule has 4 rings (SSSR count). The number of nitrogens with zero attached hydrogens (tertiary/aromatic N) is 3. The van der Waals surface area contributed by atoms with Crippen LogP contribution >= 0.6 is 22.9 Å². The first-order valence-corrected chi connectivity index (χ1v) is 10.4. The Morgan fingerprint density at radius 1 is 1.14 bits per heavy atom. The van der Waals surface area contributed by atoms with Crippen molar-refractivity contribution in [3.05, 3.63) is 69.2 Å². The minimum atomic E-state index is -0.221. The van der Waals surface area contributed by atoms with Crippen LogP contribution in [0, 0.1) is 13.8 Å². The lowest BCUT2D eigenvalue weighted by atomic mass is 10.1. The van der Waals surface area contributed by atoms with E-state index in [1.807, 2.05) is 38.1 Å². The van der Waals surface area contributed by atoms with E-state index >= 15 is 0 Å². The molecule has 8 heteroatoms. The molecule has 29 heavy (non-hydrogen) atoms. The summed E-state index contributed by atoms with van der Waals surface area (Å²) >= 11 is 7.24. The van der Waals surface area contributed by atoms with Gasteiger partial charge in [0, 0.05) is 35.2 Å². The number of rotatable bonds is 4. The molecule has 3 aromatic rings. The van der Waals surface area contributed by atoms with Gasteiger partial charge in [0.15, 0.2) is 0 Å². The van der Waals surface area contributed by atoms with Crippen LogP contribution in [0.25, 0.3) is 0 Å². The van der Waals surface area contributed by atoms with Gasteiger partial charge in [-0.1, -0.05) is 29.0 Å². The Morgan fingerprint density at radius 2 is 1.90 bits per heavy atom. The average molecular weight is 427 g/mol. The number of aromatic nitrogens is 2. The molecule has 1 fully saturated rings. The van der Waals surface area contributed by atoms with Crippen LogP contribution in [0.3, 0.4) is 0 Å². The molecule has 2 heterocycles. The number of hydrogen-bond donors (Lipinski definition) is 1. The molecule has 1 N–H and O–H groups in total. The van der Waals surface area contributed by atoms with Crippen LogP contribution < -0.4 is 10.2 Å². The maximum absolute atomic E-state index is 12.5. The van der Waals surface area contributed by atoms with E-state index in [0.29, 0.717) is 28.7 Å². The fourth-order valence-electron chi connectivity index (χ4n) is 3.25. The fourth-order valence-corrected chi connectivity index (χ4v) is 4.20. The number of benzene rings is 2. The Kier molecular flexibility index (Phi) is 5.34. The van der Waals surface area contributed by atoms with E-state index in [2.05, 4.69) is 15.5 Å². The summed E-state index contributed by atoms with van der Waals surface area (Å²) in [4.78, 5) is 26.7. The third kappa shape index (κ3) is 4.16. The van der Waals surface area contributed by atoms with Gasteiger partial charge in [0.2, 0.25) is 11.0 Å². The molecule has 0 radical (unpaired) electrons. The van der Waals surface area contributed by atoms with Crippen molar-refractivity contribution in [2.24, 2.45) is 0 Å². The number of carbonyl (C=O) groups excluding carboxylic acids is 2. The second-order valence-corrected chi connectivity index (χ2v) is 8.53. The zero-order valence-corrected chi connectivity index (χ0v) is 17.5. The molecule has 1 aliphatic heterocycles. The summed E-state index contributed by atoms with van der Waals surface area (Å²) in [6.07, 6.45) is 0.363. The maximum atomic E-state index is 12.5. The molecule has 0 aliphatic carbocycles. The van der Waals surface area contributed by atoms with Crippen molar-refractivity contribution >= 4 is 45.6 Å². The molecule has 148 valence electrons. The third-order valence-corrected chi connectivity index (χ3v) is 6.30. The molecule has 1 aromatic heterocycles. The monoisotopic (exact) mass is 426 g/mol. The van der Waals surface area contributed by atoms with E-state index in [-0.39, 0.29) is 17.7 Å². The molecule has 0 unspecified atom stereocenters. The minimum Gasteiger partial charge on any atom is -0.312 e. The number of hydrogen-bond acceptors (Lipinski definition) is 5. The quantitative estimate of drug-likeness (QED) is 0.662. The molecular formula is C21H19ClN4O2S. The van der Waals surface area contributed by atoms with Crippen LogP contribution in [0.2, 0.25) is 5.02 Å². The summed E-state index contributed by atoms with van der Waals surface area (Å²) in [5.41, 5.74) is 3.59. The predicted molar refractivity (Wildman–Crippen MR) is 115 cm³/mol. The topological polar surface area (TPSA) is 75.2 Å². The number of aryl methyl sites for hydroxylation is 2. The summed E-state index contributed by atoms with van der Waals surface area (Å²) in [5.74, 6) is -0.239. The van der Waals surface area contributed by atoms with Crippen LogP contribution in [0.15, 0.2) is 42.5 Å². The van der Waals surface area contributed by atoms with Gasteiger partial charge >= 0.3 is 0 Å². The average Bonchev–Trinajstić information content (AvgIpc) is 3.31. The number of carbonyl (C=O) groups is 2. The lowest BCUT2D eigenvalue weighted by molar-refractivity contribution is -0.117. The Labute approximate surface area is 177 Å². The Balaban J connectivity index is 1.45. The molecule has 1 aliphatic rings. The van der Waals surface area contributed by atoms with E-state index in [0.717, 1.165) is 21.8 Å². The maximum Gasteiger partial charge on any atom is 0.257 e. The van der Waals surface area contributed by atoms with Crippen molar-refractivity contribution in [3.63, 3.8) is 0 Å². The first kappa shape index (κ1) is 19.5. The van der Waals surface area contributed by atoms with Gasteiger partial charge in [-0.3, -0.25) is 14.9 Å². The summed E-state index contributed by atoms with van der Waals surface area (Å²) in [6, 6.07) is 12.8. The summed E-state index contributed by atoms with van der Waals surface area (Å²) in [6.45, 7) is 4.50. The Hall–Kier alpha value is -2.77. The Bertz CT molecular complexity index is 1080. The van der Waals surface area contributed by atoms with Crippen molar-refractivity contribution in [1.29, 1.82) is 0 Å². The molecule has 0 saturated carbocycles. The highest BCUT2D eigenvalue weighted by Crippen LogP contribution is 2.34. The van der Waals surface area contributed by atoms with E-state index in [1.165, 1.54) is 11.3 Å². The standard InChI is InChI=1S/C21H19ClN4O2S/c1-12-3-4-14(9-13(12)2)19(28)23-21-25-24-20(29-21)15-10-18(27)26(11-15)17-7-5-16(22)6-8-17/h3-9,15H,10-11H2,1-2H3,(H,23,25,28)/t15-/m0/s1. The second kappa shape index (κ2) is 7.93. The lowest BCUT2D eigenvalue weighted by Crippen LogP contribution is -2.24.